The normalized spacial score (nSPS) is 16.5. The SMILES string of the molecule is COc1cccc(N2CCN(C(=O)COc3ccc4ccc(=O)oc4c3)C(C)C2=O)c1. The summed E-state index contributed by atoms with van der Waals surface area (Å²) < 4.78 is 16.0. The number of nitrogens with zero attached hydrogens (tertiary/aromatic N) is 2. The van der Waals surface area contributed by atoms with Gasteiger partial charge in [0.2, 0.25) is 5.91 Å². The largest absolute Gasteiger partial charge is 0.497 e. The van der Waals surface area contributed by atoms with Crippen molar-refractivity contribution in [3.63, 3.8) is 0 Å². The van der Waals surface area contributed by atoms with Crippen molar-refractivity contribution < 1.29 is 23.5 Å². The van der Waals surface area contributed by atoms with Crippen LogP contribution < -0.4 is 20.0 Å². The van der Waals surface area contributed by atoms with Gasteiger partial charge in [0.15, 0.2) is 6.61 Å². The molecule has 2 heterocycles. The minimum Gasteiger partial charge on any atom is -0.497 e. The average Bonchev–Trinajstić information content (AvgIpc) is 2.79. The van der Waals surface area contributed by atoms with Gasteiger partial charge in [-0.3, -0.25) is 9.59 Å². The molecular weight excluding hydrogens is 400 g/mol. The minimum absolute atomic E-state index is 0.166. The Labute approximate surface area is 178 Å². The lowest BCUT2D eigenvalue weighted by molar-refractivity contribution is -0.142. The Bertz CT molecular complexity index is 1190. The number of amides is 2. The number of hydrogen-bond donors (Lipinski definition) is 0. The second kappa shape index (κ2) is 8.51. The van der Waals surface area contributed by atoms with Gasteiger partial charge in [-0.2, -0.15) is 0 Å². The van der Waals surface area contributed by atoms with Crippen LogP contribution in [-0.4, -0.2) is 49.6 Å². The Hall–Kier alpha value is -3.81. The predicted molar refractivity (Wildman–Crippen MR) is 115 cm³/mol. The molecule has 1 aliphatic heterocycles. The van der Waals surface area contributed by atoms with E-state index in [0.29, 0.717) is 30.2 Å². The number of rotatable bonds is 5. The third-order valence-corrected chi connectivity index (χ3v) is 5.30. The van der Waals surface area contributed by atoms with E-state index in [4.69, 9.17) is 13.9 Å². The molecule has 0 N–H and O–H groups in total. The van der Waals surface area contributed by atoms with Crippen LogP contribution in [0.25, 0.3) is 11.0 Å². The molecular formula is C23H22N2O6. The zero-order chi connectivity index (χ0) is 22.0. The van der Waals surface area contributed by atoms with Crippen LogP contribution in [0.2, 0.25) is 0 Å². The van der Waals surface area contributed by atoms with Gasteiger partial charge in [-0.1, -0.05) is 6.07 Å². The molecule has 160 valence electrons. The summed E-state index contributed by atoms with van der Waals surface area (Å²) in [5, 5.41) is 0.756. The summed E-state index contributed by atoms with van der Waals surface area (Å²) in [4.78, 5) is 40.2. The lowest BCUT2D eigenvalue weighted by atomic mass is 10.1. The first-order valence-corrected chi connectivity index (χ1v) is 9.88. The van der Waals surface area contributed by atoms with Gasteiger partial charge in [-0.15, -0.1) is 0 Å². The fraction of sp³-hybridized carbons (Fsp3) is 0.261. The van der Waals surface area contributed by atoms with Crippen LogP contribution in [-0.2, 0) is 9.59 Å². The van der Waals surface area contributed by atoms with Gasteiger partial charge in [0.1, 0.15) is 23.1 Å². The first-order valence-electron chi connectivity index (χ1n) is 9.88. The van der Waals surface area contributed by atoms with Gasteiger partial charge in [0, 0.05) is 42.4 Å². The second-order valence-electron chi connectivity index (χ2n) is 7.20. The minimum atomic E-state index is -0.620. The van der Waals surface area contributed by atoms with Crippen LogP contribution in [0.3, 0.4) is 0 Å². The number of methoxy groups -OCH3 is 1. The fourth-order valence-corrected chi connectivity index (χ4v) is 3.60. The van der Waals surface area contributed by atoms with Crippen molar-refractivity contribution >= 4 is 28.5 Å². The molecule has 1 unspecified atom stereocenters. The van der Waals surface area contributed by atoms with Crippen LogP contribution in [0.15, 0.2) is 63.8 Å². The van der Waals surface area contributed by atoms with E-state index in [1.807, 2.05) is 18.2 Å². The number of carbonyl (C=O) groups is 2. The topological polar surface area (TPSA) is 89.3 Å². The first-order chi connectivity index (χ1) is 15.0. The van der Waals surface area contributed by atoms with E-state index in [2.05, 4.69) is 0 Å². The van der Waals surface area contributed by atoms with Crippen LogP contribution in [0.1, 0.15) is 6.92 Å². The molecule has 1 saturated heterocycles. The van der Waals surface area contributed by atoms with Gasteiger partial charge in [0.25, 0.3) is 5.91 Å². The number of hydrogen-bond acceptors (Lipinski definition) is 6. The third kappa shape index (κ3) is 4.23. The van der Waals surface area contributed by atoms with E-state index in [9.17, 15) is 14.4 Å². The van der Waals surface area contributed by atoms with E-state index in [0.717, 1.165) is 11.1 Å². The van der Waals surface area contributed by atoms with Gasteiger partial charge in [-0.25, -0.2) is 4.79 Å². The summed E-state index contributed by atoms with van der Waals surface area (Å²) in [6.45, 7) is 2.25. The molecule has 4 rings (SSSR count). The Kier molecular flexibility index (Phi) is 5.62. The molecule has 8 heteroatoms. The molecule has 0 aliphatic carbocycles. The monoisotopic (exact) mass is 422 g/mol. The van der Waals surface area contributed by atoms with Crippen molar-refractivity contribution in [2.45, 2.75) is 13.0 Å². The van der Waals surface area contributed by atoms with Crippen LogP contribution in [0.4, 0.5) is 5.69 Å². The summed E-state index contributed by atoms with van der Waals surface area (Å²) in [6.07, 6.45) is 0. The Morgan fingerprint density at radius 2 is 1.87 bits per heavy atom. The number of carbonyl (C=O) groups excluding carboxylic acids is 2. The van der Waals surface area contributed by atoms with Crippen molar-refractivity contribution in [1.82, 2.24) is 4.90 Å². The quantitative estimate of drug-likeness (QED) is 0.587. The summed E-state index contributed by atoms with van der Waals surface area (Å²) in [6, 6.07) is 14.7. The third-order valence-electron chi connectivity index (χ3n) is 5.30. The number of ether oxygens (including phenoxy) is 2. The smallest absolute Gasteiger partial charge is 0.336 e. The van der Waals surface area contributed by atoms with E-state index in [-0.39, 0.29) is 18.4 Å². The maximum atomic E-state index is 12.9. The van der Waals surface area contributed by atoms with Gasteiger partial charge < -0.3 is 23.7 Å². The van der Waals surface area contributed by atoms with Gasteiger partial charge in [-0.05, 0) is 37.3 Å². The molecule has 0 spiro atoms. The van der Waals surface area contributed by atoms with Gasteiger partial charge >= 0.3 is 5.63 Å². The van der Waals surface area contributed by atoms with Gasteiger partial charge in [0.05, 0.1) is 7.11 Å². The van der Waals surface area contributed by atoms with Crippen LogP contribution in [0.5, 0.6) is 11.5 Å². The zero-order valence-electron chi connectivity index (χ0n) is 17.2. The van der Waals surface area contributed by atoms with Crippen molar-refractivity contribution in [3.05, 3.63) is 65.0 Å². The summed E-state index contributed by atoms with van der Waals surface area (Å²) in [7, 11) is 1.57. The number of benzene rings is 2. The average molecular weight is 422 g/mol. The molecule has 2 aromatic carbocycles. The maximum Gasteiger partial charge on any atom is 0.336 e. The first kappa shape index (κ1) is 20.5. The van der Waals surface area contributed by atoms with E-state index in [1.165, 1.54) is 11.0 Å². The molecule has 1 fully saturated rings. The second-order valence-corrected chi connectivity index (χ2v) is 7.20. The zero-order valence-corrected chi connectivity index (χ0v) is 17.2. The number of fused-ring (bicyclic) bond motifs is 1. The molecule has 1 aliphatic rings. The van der Waals surface area contributed by atoms with Crippen LogP contribution >= 0.6 is 0 Å². The number of anilines is 1. The van der Waals surface area contributed by atoms with Crippen molar-refractivity contribution in [2.24, 2.45) is 0 Å². The number of piperazine rings is 1. The standard InChI is InChI=1S/C23H22N2O6/c1-15-23(28)25(17-4-3-5-18(12-17)29-2)11-10-24(15)21(26)14-30-19-8-6-16-7-9-22(27)31-20(16)13-19/h3-9,12-13,15H,10-11,14H2,1-2H3. The Balaban J connectivity index is 1.41. The fourth-order valence-electron chi connectivity index (χ4n) is 3.60. The Morgan fingerprint density at radius 3 is 2.68 bits per heavy atom. The Morgan fingerprint density at radius 1 is 1.06 bits per heavy atom. The van der Waals surface area contributed by atoms with E-state index >= 15 is 0 Å². The molecule has 3 aromatic rings. The highest BCUT2D eigenvalue weighted by atomic mass is 16.5. The highest BCUT2D eigenvalue weighted by molar-refractivity contribution is 6.00. The molecule has 2 amide bonds. The summed E-state index contributed by atoms with van der Waals surface area (Å²) >= 11 is 0. The predicted octanol–water partition coefficient (Wildman–Crippen LogP) is 2.44. The summed E-state index contributed by atoms with van der Waals surface area (Å²) in [5.41, 5.74) is 0.659. The lowest BCUT2D eigenvalue weighted by Gasteiger charge is -2.39. The molecule has 0 saturated carbocycles. The van der Waals surface area contributed by atoms with Crippen LogP contribution in [0, 0.1) is 0 Å². The highest BCUT2D eigenvalue weighted by Crippen LogP contribution is 2.25. The van der Waals surface area contributed by atoms with Crippen molar-refractivity contribution in [2.75, 3.05) is 31.7 Å². The lowest BCUT2D eigenvalue weighted by Crippen LogP contribution is -2.58. The van der Waals surface area contributed by atoms with E-state index in [1.54, 1.807) is 49.3 Å². The molecule has 8 nitrogen and oxygen atoms in total. The molecule has 1 atom stereocenters. The molecule has 0 bridgehead atoms. The summed E-state index contributed by atoms with van der Waals surface area (Å²) in [5.74, 6) is 0.612. The maximum absolute atomic E-state index is 12.9. The van der Waals surface area contributed by atoms with Crippen molar-refractivity contribution in [3.8, 4) is 11.5 Å². The molecule has 31 heavy (non-hydrogen) atoms. The van der Waals surface area contributed by atoms with E-state index < -0.39 is 11.7 Å². The highest BCUT2D eigenvalue weighted by Gasteiger charge is 2.35. The van der Waals surface area contributed by atoms with Crippen molar-refractivity contribution in [1.29, 1.82) is 0 Å². The molecule has 0 radical (unpaired) electrons. The molecule has 1 aromatic heterocycles.